The Labute approximate surface area is 88.7 Å². The average molecular weight is 205 g/mol. The number of fused-ring (bicyclic) bond motifs is 1. The number of hydrogen-bond donors (Lipinski definition) is 1. The van der Waals surface area contributed by atoms with Crippen LogP contribution < -0.4 is 5.73 Å². The van der Waals surface area contributed by atoms with Crippen LogP contribution in [-0.4, -0.2) is 15.8 Å². The maximum Gasteiger partial charge on any atom is 0.340 e. The molecule has 2 rings (SSSR count). The lowest BCUT2D eigenvalue weighted by atomic mass is 10.2. The summed E-state index contributed by atoms with van der Waals surface area (Å²) in [5.41, 5.74) is 6.73. The van der Waals surface area contributed by atoms with Gasteiger partial charge in [0.15, 0.2) is 0 Å². The minimum absolute atomic E-state index is 0.552. The number of benzene rings is 1. The van der Waals surface area contributed by atoms with Crippen molar-refractivity contribution in [3.63, 3.8) is 0 Å². The van der Waals surface area contributed by atoms with E-state index in [9.17, 15) is 4.79 Å². The molecule has 2 N–H and O–H groups in total. The van der Waals surface area contributed by atoms with Crippen LogP contribution in [0.1, 0.15) is 19.5 Å². The van der Waals surface area contributed by atoms with Crippen molar-refractivity contribution in [3.8, 4) is 0 Å². The highest BCUT2D eigenvalue weighted by Crippen LogP contribution is 2.16. The van der Waals surface area contributed by atoms with Gasteiger partial charge in [0.05, 0.1) is 11.2 Å². The van der Waals surface area contributed by atoms with Crippen molar-refractivity contribution in [1.29, 1.82) is 0 Å². The third-order valence-electron chi connectivity index (χ3n) is 1.98. The molecule has 1 aromatic heterocycles. The molecule has 0 saturated heterocycles. The molecule has 80 valence electrons. The average Bonchev–Trinajstić information content (AvgIpc) is 2.60. The van der Waals surface area contributed by atoms with Gasteiger partial charge in [0.2, 0.25) is 0 Å². The molecule has 1 amide bonds. The van der Waals surface area contributed by atoms with Gasteiger partial charge in [0.1, 0.15) is 0 Å². The number of carbonyl (C=O) groups excluding carboxylic acids is 1. The van der Waals surface area contributed by atoms with Crippen molar-refractivity contribution in [2.24, 2.45) is 5.73 Å². The SMILES string of the molecule is CC.Cc1nn(C(N)=O)c2ccccc12. The van der Waals surface area contributed by atoms with Crippen molar-refractivity contribution in [1.82, 2.24) is 9.78 Å². The number of para-hydroxylation sites is 1. The first-order valence-corrected chi connectivity index (χ1v) is 4.94. The van der Waals surface area contributed by atoms with E-state index in [0.717, 1.165) is 16.6 Å². The van der Waals surface area contributed by atoms with Crippen LogP contribution in [0.5, 0.6) is 0 Å². The van der Waals surface area contributed by atoms with E-state index in [2.05, 4.69) is 5.10 Å². The van der Waals surface area contributed by atoms with Crippen LogP contribution in [0, 0.1) is 6.92 Å². The molecule has 0 saturated carbocycles. The number of carbonyl (C=O) groups is 1. The van der Waals surface area contributed by atoms with Gasteiger partial charge < -0.3 is 5.73 Å². The van der Waals surface area contributed by atoms with E-state index in [0.29, 0.717) is 0 Å². The van der Waals surface area contributed by atoms with Crippen LogP contribution in [-0.2, 0) is 0 Å². The molecule has 0 fully saturated rings. The fourth-order valence-electron chi connectivity index (χ4n) is 1.39. The number of primary amides is 1. The molecule has 0 aliphatic heterocycles. The number of rotatable bonds is 0. The summed E-state index contributed by atoms with van der Waals surface area (Å²) < 4.78 is 1.21. The maximum atomic E-state index is 11.0. The van der Waals surface area contributed by atoms with E-state index in [-0.39, 0.29) is 0 Å². The first kappa shape index (κ1) is 11.2. The van der Waals surface area contributed by atoms with E-state index in [1.54, 1.807) is 0 Å². The molecular weight excluding hydrogens is 190 g/mol. The highest BCUT2D eigenvalue weighted by atomic mass is 16.2. The summed E-state index contributed by atoms with van der Waals surface area (Å²) in [5, 5.41) is 4.99. The lowest BCUT2D eigenvalue weighted by molar-refractivity contribution is 0.248. The summed E-state index contributed by atoms with van der Waals surface area (Å²) in [6, 6.07) is 6.94. The van der Waals surface area contributed by atoms with Gasteiger partial charge >= 0.3 is 6.03 Å². The number of hydrogen-bond acceptors (Lipinski definition) is 2. The molecule has 2 aromatic rings. The Balaban J connectivity index is 0.000000531. The molecule has 0 aliphatic carbocycles. The highest BCUT2D eigenvalue weighted by molar-refractivity contribution is 5.90. The van der Waals surface area contributed by atoms with Crippen LogP contribution >= 0.6 is 0 Å². The third-order valence-corrected chi connectivity index (χ3v) is 1.98. The summed E-state index contributed by atoms with van der Waals surface area (Å²) in [5.74, 6) is 0. The van der Waals surface area contributed by atoms with E-state index in [1.807, 2.05) is 45.0 Å². The van der Waals surface area contributed by atoms with Gasteiger partial charge in [0.25, 0.3) is 0 Å². The Morgan fingerprint density at radius 1 is 1.33 bits per heavy atom. The van der Waals surface area contributed by atoms with E-state index in [1.165, 1.54) is 4.68 Å². The van der Waals surface area contributed by atoms with Crippen molar-refractivity contribution in [2.75, 3.05) is 0 Å². The summed E-state index contributed by atoms with van der Waals surface area (Å²) in [4.78, 5) is 11.0. The number of aromatic nitrogens is 2. The van der Waals surface area contributed by atoms with Crippen LogP contribution in [0.3, 0.4) is 0 Å². The number of nitrogens with two attached hydrogens (primary N) is 1. The molecule has 0 spiro atoms. The van der Waals surface area contributed by atoms with Crippen LogP contribution in [0.25, 0.3) is 10.9 Å². The summed E-state index contributed by atoms with van der Waals surface area (Å²) in [7, 11) is 0. The smallest absolute Gasteiger partial charge is 0.340 e. The van der Waals surface area contributed by atoms with E-state index < -0.39 is 6.03 Å². The fraction of sp³-hybridized carbons (Fsp3) is 0.273. The minimum atomic E-state index is -0.552. The Morgan fingerprint density at radius 3 is 2.53 bits per heavy atom. The molecule has 0 aliphatic rings. The van der Waals surface area contributed by atoms with Crippen LogP contribution in [0.2, 0.25) is 0 Å². The largest absolute Gasteiger partial charge is 0.350 e. The van der Waals surface area contributed by atoms with Crippen molar-refractivity contribution in [3.05, 3.63) is 30.0 Å². The monoisotopic (exact) mass is 205 g/mol. The first-order chi connectivity index (χ1) is 7.20. The molecule has 0 atom stereocenters. The molecule has 1 aromatic carbocycles. The normalized spacial score (nSPS) is 9.53. The Bertz CT molecular complexity index is 474. The highest BCUT2D eigenvalue weighted by Gasteiger charge is 2.08. The Hall–Kier alpha value is -1.84. The van der Waals surface area contributed by atoms with Crippen molar-refractivity contribution < 1.29 is 4.79 Å². The molecule has 15 heavy (non-hydrogen) atoms. The lowest BCUT2D eigenvalue weighted by Gasteiger charge is -1.94. The molecule has 0 radical (unpaired) electrons. The molecular formula is C11H15N3O. The topological polar surface area (TPSA) is 60.9 Å². The number of amides is 1. The molecule has 0 unspecified atom stereocenters. The van der Waals surface area contributed by atoms with Gasteiger partial charge in [-0.1, -0.05) is 32.0 Å². The quantitative estimate of drug-likeness (QED) is 0.717. The zero-order valence-electron chi connectivity index (χ0n) is 9.19. The molecule has 4 heteroatoms. The summed E-state index contributed by atoms with van der Waals surface area (Å²) >= 11 is 0. The Kier molecular flexibility index (Phi) is 3.44. The minimum Gasteiger partial charge on any atom is -0.350 e. The zero-order chi connectivity index (χ0) is 11.4. The predicted octanol–water partition coefficient (Wildman–Crippen LogP) is 2.30. The van der Waals surface area contributed by atoms with E-state index >= 15 is 0 Å². The Morgan fingerprint density at radius 2 is 1.93 bits per heavy atom. The van der Waals surface area contributed by atoms with Gasteiger partial charge in [-0.05, 0) is 13.0 Å². The van der Waals surface area contributed by atoms with E-state index in [4.69, 9.17) is 5.73 Å². The van der Waals surface area contributed by atoms with Gasteiger partial charge in [-0.15, -0.1) is 0 Å². The van der Waals surface area contributed by atoms with Gasteiger partial charge in [-0.2, -0.15) is 9.78 Å². The fourth-order valence-corrected chi connectivity index (χ4v) is 1.39. The van der Waals surface area contributed by atoms with Gasteiger partial charge in [-0.25, -0.2) is 4.79 Å². The second kappa shape index (κ2) is 4.59. The predicted molar refractivity (Wildman–Crippen MR) is 60.8 cm³/mol. The van der Waals surface area contributed by atoms with Gasteiger partial charge in [-0.3, -0.25) is 0 Å². The second-order valence-corrected chi connectivity index (χ2v) is 2.85. The van der Waals surface area contributed by atoms with Gasteiger partial charge in [0, 0.05) is 5.39 Å². The first-order valence-electron chi connectivity index (χ1n) is 4.94. The third kappa shape index (κ3) is 1.98. The number of aryl methyl sites for hydroxylation is 1. The number of nitrogens with zero attached hydrogens (tertiary/aromatic N) is 2. The van der Waals surface area contributed by atoms with Crippen molar-refractivity contribution >= 4 is 16.9 Å². The summed E-state index contributed by atoms with van der Waals surface area (Å²) in [6.07, 6.45) is 0. The lowest BCUT2D eigenvalue weighted by Crippen LogP contribution is -2.20. The van der Waals surface area contributed by atoms with Crippen LogP contribution in [0.15, 0.2) is 24.3 Å². The molecule has 4 nitrogen and oxygen atoms in total. The zero-order valence-corrected chi connectivity index (χ0v) is 9.19. The molecule has 1 heterocycles. The molecule has 0 bridgehead atoms. The second-order valence-electron chi connectivity index (χ2n) is 2.85. The van der Waals surface area contributed by atoms with Crippen molar-refractivity contribution in [2.45, 2.75) is 20.8 Å². The van der Waals surface area contributed by atoms with Crippen LogP contribution in [0.4, 0.5) is 4.79 Å². The maximum absolute atomic E-state index is 11.0. The standard InChI is InChI=1S/C9H9N3O.C2H6/c1-6-7-4-2-3-5-8(7)12(11-6)9(10)13;1-2/h2-5H,1H3,(H2,10,13);1-2H3. The summed E-state index contributed by atoms with van der Waals surface area (Å²) in [6.45, 7) is 5.85.